The van der Waals surface area contributed by atoms with E-state index in [4.69, 9.17) is 9.72 Å². The predicted molar refractivity (Wildman–Crippen MR) is 105 cm³/mol. The van der Waals surface area contributed by atoms with Crippen LogP contribution in [0.15, 0.2) is 12.1 Å². The molecule has 7 heteroatoms. The number of likely N-dealkylation sites (N-methyl/N-ethyl adjacent to an activating group) is 1. The van der Waals surface area contributed by atoms with Crippen LogP contribution in [0.4, 0.5) is 11.6 Å². The SMILES string of the molecule is CN(c1nc2c(cc1C#N)COCC2)C1CN(c2cc3c(nn2)CCCC3)C1. The lowest BCUT2D eigenvalue weighted by Gasteiger charge is -2.45. The number of aromatic nitrogens is 3. The van der Waals surface area contributed by atoms with Crippen LogP contribution in [0.3, 0.4) is 0 Å². The molecule has 2 aromatic rings. The van der Waals surface area contributed by atoms with Gasteiger partial charge in [-0.05, 0) is 43.4 Å². The summed E-state index contributed by atoms with van der Waals surface area (Å²) in [6.07, 6.45) is 5.45. The van der Waals surface area contributed by atoms with Gasteiger partial charge in [-0.1, -0.05) is 0 Å². The molecular formula is C21H24N6O. The van der Waals surface area contributed by atoms with Gasteiger partial charge in [0.1, 0.15) is 11.9 Å². The molecular weight excluding hydrogens is 352 g/mol. The smallest absolute Gasteiger partial charge is 0.151 e. The van der Waals surface area contributed by atoms with Gasteiger partial charge in [0.05, 0.1) is 36.2 Å². The summed E-state index contributed by atoms with van der Waals surface area (Å²) in [5.41, 5.74) is 5.26. The van der Waals surface area contributed by atoms with Crippen molar-refractivity contribution >= 4 is 11.6 Å². The minimum atomic E-state index is 0.315. The first-order valence-electron chi connectivity index (χ1n) is 10.1. The van der Waals surface area contributed by atoms with E-state index in [0.29, 0.717) is 24.8 Å². The molecule has 0 aromatic carbocycles. The molecule has 0 N–H and O–H groups in total. The van der Waals surface area contributed by atoms with Crippen molar-refractivity contribution in [3.8, 4) is 6.07 Å². The summed E-state index contributed by atoms with van der Waals surface area (Å²) < 4.78 is 5.50. The number of rotatable bonds is 3. The molecule has 2 aromatic heterocycles. The molecule has 0 saturated carbocycles. The topological polar surface area (TPSA) is 78.2 Å². The summed E-state index contributed by atoms with van der Waals surface area (Å²) >= 11 is 0. The Morgan fingerprint density at radius 3 is 2.82 bits per heavy atom. The van der Waals surface area contributed by atoms with Crippen LogP contribution in [0.1, 0.15) is 40.9 Å². The number of fused-ring (bicyclic) bond motifs is 2. The summed E-state index contributed by atoms with van der Waals surface area (Å²) in [6.45, 7) is 2.99. The standard InChI is InChI=1S/C21H24N6O/c1-26(21-15(10-22)8-16-13-28-7-6-18(16)23-21)17-11-27(12-17)20-9-14-4-2-3-5-19(14)24-25-20/h8-9,17H,2-7,11-13H2,1H3. The molecule has 7 nitrogen and oxygen atoms in total. The Kier molecular flexibility index (Phi) is 4.36. The number of nitriles is 1. The Hall–Kier alpha value is -2.72. The number of anilines is 2. The van der Waals surface area contributed by atoms with Crippen LogP contribution in [0, 0.1) is 11.3 Å². The Morgan fingerprint density at radius 2 is 1.96 bits per heavy atom. The van der Waals surface area contributed by atoms with E-state index in [1.54, 1.807) is 0 Å². The molecule has 3 aliphatic rings. The maximum atomic E-state index is 9.60. The van der Waals surface area contributed by atoms with Crippen molar-refractivity contribution in [3.63, 3.8) is 0 Å². The maximum absolute atomic E-state index is 9.60. The molecule has 1 aliphatic carbocycles. The van der Waals surface area contributed by atoms with Crippen LogP contribution < -0.4 is 9.80 Å². The van der Waals surface area contributed by atoms with E-state index in [9.17, 15) is 5.26 Å². The molecule has 0 atom stereocenters. The van der Waals surface area contributed by atoms with Crippen LogP contribution in [0.5, 0.6) is 0 Å². The van der Waals surface area contributed by atoms with Crippen molar-refractivity contribution in [2.24, 2.45) is 0 Å². The average Bonchev–Trinajstić information content (AvgIpc) is 2.71. The number of pyridine rings is 1. The van der Waals surface area contributed by atoms with E-state index in [0.717, 1.165) is 55.2 Å². The highest BCUT2D eigenvalue weighted by atomic mass is 16.5. The van der Waals surface area contributed by atoms with E-state index in [-0.39, 0.29) is 0 Å². The monoisotopic (exact) mass is 376 g/mol. The molecule has 0 amide bonds. The summed E-state index contributed by atoms with van der Waals surface area (Å²) in [6, 6.07) is 6.79. The molecule has 1 saturated heterocycles. The minimum absolute atomic E-state index is 0.315. The van der Waals surface area contributed by atoms with Crippen LogP contribution in [-0.4, -0.2) is 48.0 Å². The number of hydrogen-bond acceptors (Lipinski definition) is 7. The fraction of sp³-hybridized carbons (Fsp3) is 0.524. The van der Waals surface area contributed by atoms with Gasteiger partial charge in [0.2, 0.25) is 0 Å². The molecule has 5 rings (SSSR count). The molecule has 0 unspecified atom stereocenters. The Labute approximate surface area is 165 Å². The van der Waals surface area contributed by atoms with Gasteiger partial charge < -0.3 is 14.5 Å². The van der Waals surface area contributed by atoms with Crippen molar-refractivity contribution in [2.75, 3.05) is 36.5 Å². The highest BCUT2D eigenvalue weighted by Gasteiger charge is 2.33. The lowest BCUT2D eigenvalue weighted by molar-refractivity contribution is 0.109. The first kappa shape index (κ1) is 17.4. The molecule has 0 radical (unpaired) electrons. The quantitative estimate of drug-likeness (QED) is 0.811. The Balaban J connectivity index is 1.32. The van der Waals surface area contributed by atoms with Gasteiger partial charge in [-0.15, -0.1) is 5.10 Å². The predicted octanol–water partition coefficient (Wildman–Crippen LogP) is 2.02. The summed E-state index contributed by atoms with van der Waals surface area (Å²) in [5, 5.41) is 18.5. The Morgan fingerprint density at radius 1 is 1.11 bits per heavy atom. The summed E-state index contributed by atoms with van der Waals surface area (Å²) in [7, 11) is 2.04. The highest BCUT2D eigenvalue weighted by molar-refractivity contribution is 5.58. The minimum Gasteiger partial charge on any atom is -0.376 e. The van der Waals surface area contributed by atoms with E-state index in [1.165, 1.54) is 24.1 Å². The van der Waals surface area contributed by atoms with Crippen molar-refractivity contribution in [1.29, 1.82) is 5.26 Å². The largest absolute Gasteiger partial charge is 0.376 e. The van der Waals surface area contributed by atoms with Crippen LogP contribution >= 0.6 is 0 Å². The van der Waals surface area contributed by atoms with Gasteiger partial charge >= 0.3 is 0 Å². The van der Waals surface area contributed by atoms with Crippen molar-refractivity contribution < 1.29 is 4.74 Å². The maximum Gasteiger partial charge on any atom is 0.151 e. The lowest BCUT2D eigenvalue weighted by atomic mass is 9.96. The van der Waals surface area contributed by atoms with E-state index in [1.807, 2.05) is 13.1 Å². The van der Waals surface area contributed by atoms with E-state index < -0.39 is 0 Å². The van der Waals surface area contributed by atoms with Crippen LogP contribution in [0.2, 0.25) is 0 Å². The molecule has 1 fully saturated rings. The number of nitrogens with zero attached hydrogens (tertiary/aromatic N) is 6. The molecule has 28 heavy (non-hydrogen) atoms. The third-order valence-corrected chi connectivity index (χ3v) is 6.16. The highest BCUT2D eigenvalue weighted by Crippen LogP contribution is 2.30. The zero-order valence-electron chi connectivity index (χ0n) is 16.2. The van der Waals surface area contributed by atoms with Gasteiger partial charge in [0.25, 0.3) is 0 Å². The van der Waals surface area contributed by atoms with E-state index >= 15 is 0 Å². The van der Waals surface area contributed by atoms with Crippen LogP contribution in [-0.2, 0) is 30.6 Å². The Bertz CT molecular complexity index is 947. The third kappa shape index (κ3) is 2.98. The van der Waals surface area contributed by atoms with Gasteiger partial charge in [0, 0.05) is 32.1 Å². The summed E-state index contributed by atoms with van der Waals surface area (Å²) in [5.74, 6) is 1.76. The van der Waals surface area contributed by atoms with Gasteiger partial charge in [-0.25, -0.2) is 4.98 Å². The van der Waals surface area contributed by atoms with Crippen molar-refractivity contribution in [2.45, 2.75) is 44.8 Å². The normalized spacial score (nSPS) is 18.6. The zero-order chi connectivity index (χ0) is 19.1. The van der Waals surface area contributed by atoms with Crippen LogP contribution in [0.25, 0.3) is 0 Å². The van der Waals surface area contributed by atoms with E-state index in [2.05, 4.69) is 32.1 Å². The number of aryl methyl sites for hydroxylation is 2. The second-order valence-corrected chi connectivity index (χ2v) is 7.93. The first-order chi connectivity index (χ1) is 13.7. The van der Waals surface area contributed by atoms with Gasteiger partial charge in [-0.3, -0.25) is 0 Å². The first-order valence-corrected chi connectivity index (χ1v) is 10.1. The van der Waals surface area contributed by atoms with Crippen molar-refractivity contribution in [3.05, 3.63) is 40.2 Å². The second kappa shape index (κ2) is 7.02. The fourth-order valence-electron chi connectivity index (χ4n) is 4.32. The average molecular weight is 376 g/mol. The number of ether oxygens (including phenoxy) is 1. The van der Waals surface area contributed by atoms with Crippen molar-refractivity contribution in [1.82, 2.24) is 15.2 Å². The third-order valence-electron chi connectivity index (χ3n) is 6.16. The molecule has 144 valence electrons. The second-order valence-electron chi connectivity index (χ2n) is 7.93. The van der Waals surface area contributed by atoms with Gasteiger partial charge in [-0.2, -0.15) is 10.4 Å². The number of hydrogen-bond donors (Lipinski definition) is 0. The molecule has 0 bridgehead atoms. The lowest BCUT2D eigenvalue weighted by Crippen LogP contribution is -2.59. The fourth-order valence-corrected chi connectivity index (χ4v) is 4.32. The molecule has 4 heterocycles. The molecule has 0 spiro atoms. The zero-order valence-corrected chi connectivity index (χ0v) is 16.2. The van der Waals surface area contributed by atoms with Gasteiger partial charge in [0.15, 0.2) is 5.82 Å². The summed E-state index contributed by atoms with van der Waals surface area (Å²) in [4.78, 5) is 9.23. The molecule has 2 aliphatic heterocycles.